The van der Waals surface area contributed by atoms with Gasteiger partial charge in [0, 0.05) is 36.2 Å². The Morgan fingerprint density at radius 3 is 2.57 bits per heavy atom. The molecular weight excluding hydrogens is 330 g/mol. The number of hydrogen-bond acceptors (Lipinski definition) is 4. The second kappa shape index (κ2) is 7.58. The molecule has 2 N–H and O–H groups in total. The highest BCUT2D eigenvalue weighted by molar-refractivity contribution is 9.10. The van der Waals surface area contributed by atoms with E-state index >= 15 is 0 Å². The van der Waals surface area contributed by atoms with Crippen LogP contribution in [0.5, 0.6) is 5.75 Å². The van der Waals surface area contributed by atoms with Gasteiger partial charge in [0.2, 0.25) is 0 Å². The van der Waals surface area contributed by atoms with Gasteiger partial charge in [0.15, 0.2) is 0 Å². The van der Waals surface area contributed by atoms with E-state index in [1.807, 2.05) is 12.1 Å². The van der Waals surface area contributed by atoms with Crippen LogP contribution in [-0.4, -0.2) is 56.7 Å². The molecule has 0 spiro atoms. The Labute approximate surface area is 136 Å². The van der Waals surface area contributed by atoms with Gasteiger partial charge in [0.25, 0.3) is 0 Å². The molecule has 1 aromatic rings. The van der Waals surface area contributed by atoms with Crippen LogP contribution in [0, 0.1) is 0 Å². The van der Waals surface area contributed by atoms with Crippen molar-refractivity contribution in [3.63, 3.8) is 0 Å². The molecule has 1 aliphatic rings. The second-order valence-corrected chi connectivity index (χ2v) is 6.72. The molecule has 1 heterocycles. The standard InChI is InChI=1S/C16H26BrN3O/c1-19(2)12-6-8-20(9-7-12)16(11-18)14-10-13(21-3)4-5-15(14)17/h4-5,10,12,16H,6-9,11,18H2,1-3H3. The highest BCUT2D eigenvalue weighted by Crippen LogP contribution is 2.32. The fourth-order valence-electron chi connectivity index (χ4n) is 3.09. The molecular formula is C16H26BrN3O. The third-order valence-corrected chi connectivity index (χ3v) is 5.18. The van der Waals surface area contributed by atoms with Gasteiger partial charge in [0.1, 0.15) is 5.75 Å². The SMILES string of the molecule is COc1ccc(Br)c(C(CN)N2CCC(N(C)C)CC2)c1. The molecule has 21 heavy (non-hydrogen) atoms. The van der Waals surface area contributed by atoms with Crippen LogP contribution >= 0.6 is 15.9 Å². The van der Waals surface area contributed by atoms with Gasteiger partial charge in [-0.15, -0.1) is 0 Å². The Morgan fingerprint density at radius 1 is 1.38 bits per heavy atom. The largest absolute Gasteiger partial charge is 0.497 e. The Hall–Kier alpha value is -0.620. The number of likely N-dealkylation sites (tertiary alicyclic amines) is 1. The lowest BCUT2D eigenvalue weighted by molar-refractivity contribution is 0.110. The number of nitrogens with zero attached hydrogens (tertiary/aromatic N) is 2. The summed E-state index contributed by atoms with van der Waals surface area (Å²) in [7, 11) is 6.03. The summed E-state index contributed by atoms with van der Waals surface area (Å²) in [6.07, 6.45) is 2.40. The molecule has 1 atom stereocenters. The summed E-state index contributed by atoms with van der Waals surface area (Å²) in [6.45, 7) is 2.81. The van der Waals surface area contributed by atoms with E-state index < -0.39 is 0 Å². The van der Waals surface area contributed by atoms with E-state index in [1.54, 1.807) is 7.11 Å². The third kappa shape index (κ3) is 3.97. The van der Waals surface area contributed by atoms with Crippen molar-refractivity contribution < 1.29 is 4.74 Å². The predicted molar refractivity (Wildman–Crippen MR) is 90.8 cm³/mol. The molecule has 0 radical (unpaired) electrons. The first-order chi connectivity index (χ1) is 10.1. The van der Waals surface area contributed by atoms with Gasteiger partial charge < -0.3 is 15.4 Å². The van der Waals surface area contributed by atoms with Gasteiger partial charge >= 0.3 is 0 Å². The number of piperidine rings is 1. The fraction of sp³-hybridized carbons (Fsp3) is 0.625. The minimum atomic E-state index is 0.248. The summed E-state index contributed by atoms with van der Waals surface area (Å²) in [4.78, 5) is 4.83. The molecule has 0 aromatic heterocycles. The van der Waals surface area contributed by atoms with Crippen LogP contribution in [0.2, 0.25) is 0 Å². The molecule has 0 aliphatic carbocycles. The van der Waals surface area contributed by atoms with Crippen molar-refractivity contribution >= 4 is 15.9 Å². The topological polar surface area (TPSA) is 41.7 Å². The first-order valence-corrected chi connectivity index (χ1v) is 8.30. The second-order valence-electron chi connectivity index (χ2n) is 5.87. The molecule has 2 rings (SSSR count). The summed E-state index contributed by atoms with van der Waals surface area (Å²) < 4.78 is 6.46. The number of halogens is 1. The monoisotopic (exact) mass is 355 g/mol. The molecule has 118 valence electrons. The van der Waals surface area contributed by atoms with E-state index in [4.69, 9.17) is 10.5 Å². The predicted octanol–water partition coefficient (Wildman–Crippen LogP) is 2.48. The summed E-state index contributed by atoms with van der Waals surface area (Å²) in [6, 6.07) is 7.05. The normalized spacial score (nSPS) is 19.0. The van der Waals surface area contributed by atoms with E-state index in [0.717, 1.165) is 23.3 Å². The Balaban J connectivity index is 2.13. The van der Waals surface area contributed by atoms with Crippen molar-refractivity contribution in [3.05, 3.63) is 28.2 Å². The van der Waals surface area contributed by atoms with Gasteiger partial charge in [0.05, 0.1) is 7.11 Å². The van der Waals surface area contributed by atoms with E-state index in [0.29, 0.717) is 12.6 Å². The summed E-state index contributed by atoms with van der Waals surface area (Å²) in [5.41, 5.74) is 7.30. The van der Waals surface area contributed by atoms with Crippen LogP contribution in [-0.2, 0) is 0 Å². The van der Waals surface area contributed by atoms with Gasteiger partial charge in [-0.3, -0.25) is 4.90 Å². The number of benzene rings is 1. The summed E-state index contributed by atoms with van der Waals surface area (Å²) in [5, 5.41) is 0. The molecule has 1 aromatic carbocycles. The smallest absolute Gasteiger partial charge is 0.119 e. The van der Waals surface area contributed by atoms with Crippen LogP contribution in [0.15, 0.2) is 22.7 Å². The summed E-state index contributed by atoms with van der Waals surface area (Å²) in [5.74, 6) is 0.884. The van der Waals surface area contributed by atoms with E-state index in [1.165, 1.54) is 18.4 Å². The third-order valence-electron chi connectivity index (χ3n) is 4.46. The van der Waals surface area contributed by atoms with Crippen molar-refractivity contribution in [2.24, 2.45) is 5.73 Å². The van der Waals surface area contributed by atoms with Crippen molar-refractivity contribution in [2.75, 3.05) is 40.8 Å². The molecule has 1 aliphatic heterocycles. The van der Waals surface area contributed by atoms with Gasteiger partial charge in [-0.1, -0.05) is 15.9 Å². The molecule has 4 nitrogen and oxygen atoms in total. The van der Waals surface area contributed by atoms with Crippen molar-refractivity contribution in [3.8, 4) is 5.75 Å². The van der Waals surface area contributed by atoms with Crippen LogP contribution in [0.4, 0.5) is 0 Å². The molecule has 0 saturated carbocycles. The molecule has 0 bridgehead atoms. The van der Waals surface area contributed by atoms with Crippen molar-refractivity contribution in [1.29, 1.82) is 0 Å². The first-order valence-electron chi connectivity index (χ1n) is 7.50. The molecule has 0 amide bonds. The summed E-state index contributed by atoms with van der Waals surface area (Å²) >= 11 is 3.66. The minimum Gasteiger partial charge on any atom is -0.497 e. The van der Waals surface area contributed by atoms with Crippen LogP contribution in [0.3, 0.4) is 0 Å². The molecule has 1 fully saturated rings. The van der Waals surface area contributed by atoms with E-state index in [2.05, 4.69) is 45.9 Å². The van der Waals surface area contributed by atoms with Gasteiger partial charge in [-0.2, -0.15) is 0 Å². The average molecular weight is 356 g/mol. The Morgan fingerprint density at radius 2 is 2.05 bits per heavy atom. The average Bonchev–Trinajstić information content (AvgIpc) is 2.50. The van der Waals surface area contributed by atoms with Crippen LogP contribution in [0.1, 0.15) is 24.4 Å². The van der Waals surface area contributed by atoms with Gasteiger partial charge in [-0.25, -0.2) is 0 Å². The maximum atomic E-state index is 6.08. The maximum absolute atomic E-state index is 6.08. The highest BCUT2D eigenvalue weighted by atomic mass is 79.9. The zero-order chi connectivity index (χ0) is 15.4. The number of hydrogen-bond donors (Lipinski definition) is 1. The lowest BCUT2D eigenvalue weighted by atomic mass is 9.98. The zero-order valence-corrected chi connectivity index (χ0v) is 14.8. The van der Waals surface area contributed by atoms with Gasteiger partial charge in [-0.05, 0) is 50.7 Å². The van der Waals surface area contributed by atoms with Crippen LogP contribution < -0.4 is 10.5 Å². The number of rotatable bonds is 5. The van der Waals surface area contributed by atoms with Crippen molar-refractivity contribution in [2.45, 2.75) is 24.9 Å². The number of ether oxygens (including phenoxy) is 1. The highest BCUT2D eigenvalue weighted by Gasteiger charge is 2.27. The number of nitrogens with two attached hydrogens (primary N) is 1. The quantitative estimate of drug-likeness (QED) is 0.880. The fourth-order valence-corrected chi connectivity index (χ4v) is 3.60. The molecule has 1 unspecified atom stereocenters. The first kappa shape index (κ1) is 16.7. The zero-order valence-electron chi connectivity index (χ0n) is 13.2. The van der Waals surface area contributed by atoms with Crippen LogP contribution in [0.25, 0.3) is 0 Å². The van der Waals surface area contributed by atoms with E-state index in [-0.39, 0.29) is 6.04 Å². The minimum absolute atomic E-state index is 0.248. The molecule has 1 saturated heterocycles. The lowest BCUT2D eigenvalue weighted by Gasteiger charge is -2.39. The van der Waals surface area contributed by atoms with Crippen molar-refractivity contribution in [1.82, 2.24) is 9.80 Å². The maximum Gasteiger partial charge on any atom is 0.119 e. The number of methoxy groups -OCH3 is 1. The lowest BCUT2D eigenvalue weighted by Crippen LogP contribution is -2.45. The Kier molecular flexibility index (Phi) is 6.05. The van der Waals surface area contributed by atoms with E-state index in [9.17, 15) is 0 Å². The Bertz CT molecular complexity index is 459. The molecule has 5 heteroatoms.